The van der Waals surface area contributed by atoms with Gasteiger partial charge in [0.1, 0.15) is 5.82 Å². The van der Waals surface area contributed by atoms with Gasteiger partial charge in [-0.3, -0.25) is 4.79 Å². The van der Waals surface area contributed by atoms with Gasteiger partial charge in [-0.25, -0.2) is 0 Å². The number of rotatable bonds is 7. The zero-order valence-corrected chi connectivity index (χ0v) is 12.1. The molecule has 0 aromatic carbocycles. The molecule has 2 rings (SSSR count). The van der Waals surface area contributed by atoms with E-state index in [1.54, 1.807) is 13.1 Å². The molecule has 0 unspecified atom stereocenters. The van der Waals surface area contributed by atoms with Crippen LogP contribution >= 0.6 is 0 Å². The van der Waals surface area contributed by atoms with Crippen LogP contribution in [0.25, 0.3) is 0 Å². The number of hydrogen-bond acceptors (Lipinski definition) is 5. The lowest BCUT2D eigenvalue weighted by Gasteiger charge is -2.19. The highest BCUT2D eigenvalue weighted by molar-refractivity contribution is 5.76. The molecule has 1 amide bonds. The number of anilines is 2. The van der Waals surface area contributed by atoms with Crippen molar-refractivity contribution in [3.63, 3.8) is 0 Å². The quantitative estimate of drug-likeness (QED) is 0.778. The number of pyridine rings is 1. The molecule has 1 saturated carbocycles. The molecule has 0 aliphatic heterocycles. The van der Waals surface area contributed by atoms with Crippen molar-refractivity contribution in [3.05, 3.63) is 12.1 Å². The van der Waals surface area contributed by atoms with Crippen LogP contribution in [0, 0.1) is 5.92 Å². The molecule has 1 aromatic heterocycles. The fraction of sp³-hybridized carbons (Fsp3) is 0.571. The SMILES string of the molecule is CNC(=O)CCN(C)c1ccc(N)c(OCC2CC2)n1. The van der Waals surface area contributed by atoms with Gasteiger partial charge in [0.05, 0.1) is 12.3 Å². The highest BCUT2D eigenvalue weighted by Gasteiger charge is 2.22. The zero-order chi connectivity index (χ0) is 14.5. The fourth-order valence-electron chi connectivity index (χ4n) is 1.76. The molecule has 0 bridgehead atoms. The molecule has 6 nitrogen and oxygen atoms in total. The highest BCUT2D eigenvalue weighted by atomic mass is 16.5. The maximum absolute atomic E-state index is 11.3. The molecule has 0 radical (unpaired) electrons. The van der Waals surface area contributed by atoms with E-state index in [0.29, 0.717) is 37.1 Å². The minimum Gasteiger partial charge on any atom is -0.476 e. The van der Waals surface area contributed by atoms with Crippen molar-refractivity contribution >= 4 is 17.4 Å². The first-order valence-corrected chi connectivity index (χ1v) is 6.91. The Balaban J connectivity index is 1.95. The van der Waals surface area contributed by atoms with E-state index in [9.17, 15) is 4.79 Å². The molecule has 0 saturated heterocycles. The molecule has 3 N–H and O–H groups in total. The van der Waals surface area contributed by atoms with Gasteiger partial charge in [-0.2, -0.15) is 4.98 Å². The van der Waals surface area contributed by atoms with Gasteiger partial charge in [-0.1, -0.05) is 0 Å². The number of nitrogen functional groups attached to an aromatic ring is 1. The number of ether oxygens (including phenoxy) is 1. The minimum absolute atomic E-state index is 0.0116. The van der Waals surface area contributed by atoms with E-state index in [0.717, 1.165) is 5.82 Å². The predicted octanol–water partition coefficient (Wildman–Crippen LogP) is 1.02. The Kier molecular flexibility index (Phi) is 4.65. The number of carbonyl (C=O) groups is 1. The van der Waals surface area contributed by atoms with Crippen molar-refractivity contribution in [2.45, 2.75) is 19.3 Å². The Morgan fingerprint density at radius 3 is 2.95 bits per heavy atom. The summed E-state index contributed by atoms with van der Waals surface area (Å²) in [6.07, 6.45) is 2.88. The first-order valence-electron chi connectivity index (χ1n) is 6.91. The second-order valence-electron chi connectivity index (χ2n) is 5.16. The van der Waals surface area contributed by atoms with Gasteiger partial charge in [0.2, 0.25) is 11.8 Å². The summed E-state index contributed by atoms with van der Waals surface area (Å²) in [7, 11) is 3.53. The van der Waals surface area contributed by atoms with Gasteiger partial charge in [-0.05, 0) is 30.9 Å². The number of hydrogen-bond donors (Lipinski definition) is 2. The van der Waals surface area contributed by atoms with Crippen LogP contribution in [0.3, 0.4) is 0 Å². The molecular weight excluding hydrogens is 256 g/mol. The predicted molar refractivity (Wildman–Crippen MR) is 78.8 cm³/mol. The van der Waals surface area contributed by atoms with Crippen molar-refractivity contribution < 1.29 is 9.53 Å². The van der Waals surface area contributed by atoms with Crippen LogP contribution in [-0.4, -0.2) is 38.1 Å². The van der Waals surface area contributed by atoms with Crippen molar-refractivity contribution in [2.24, 2.45) is 5.92 Å². The molecule has 1 aliphatic carbocycles. The lowest BCUT2D eigenvalue weighted by atomic mass is 10.3. The van der Waals surface area contributed by atoms with Crippen LogP contribution < -0.4 is 20.7 Å². The third kappa shape index (κ3) is 4.01. The number of nitrogens with two attached hydrogens (primary N) is 1. The second-order valence-corrected chi connectivity index (χ2v) is 5.16. The van der Waals surface area contributed by atoms with Crippen LogP contribution in [0.4, 0.5) is 11.5 Å². The summed E-state index contributed by atoms with van der Waals surface area (Å²) in [6.45, 7) is 1.28. The van der Waals surface area contributed by atoms with E-state index in [1.807, 2.05) is 18.0 Å². The monoisotopic (exact) mass is 278 g/mol. The molecule has 1 fully saturated rings. The molecule has 110 valence electrons. The standard InChI is InChI=1S/C14H22N4O2/c1-16-13(19)7-8-18(2)12-6-5-11(15)14(17-12)20-9-10-3-4-10/h5-6,10H,3-4,7-9,15H2,1-2H3,(H,16,19). The van der Waals surface area contributed by atoms with E-state index in [4.69, 9.17) is 10.5 Å². The molecule has 0 spiro atoms. The number of nitrogens with zero attached hydrogens (tertiary/aromatic N) is 2. The van der Waals surface area contributed by atoms with Gasteiger partial charge < -0.3 is 20.7 Å². The fourth-order valence-corrected chi connectivity index (χ4v) is 1.76. The Labute approximate surface area is 119 Å². The normalized spacial score (nSPS) is 13.9. The van der Waals surface area contributed by atoms with Crippen LogP contribution in [0.1, 0.15) is 19.3 Å². The smallest absolute Gasteiger partial charge is 0.239 e. The number of amides is 1. The Hall–Kier alpha value is -1.98. The Morgan fingerprint density at radius 1 is 1.55 bits per heavy atom. The van der Waals surface area contributed by atoms with Gasteiger partial charge >= 0.3 is 0 Å². The summed E-state index contributed by atoms with van der Waals surface area (Å²) in [6, 6.07) is 3.63. The van der Waals surface area contributed by atoms with Crippen molar-refractivity contribution in [2.75, 3.05) is 37.9 Å². The van der Waals surface area contributed by atoms with Crippen LogP contribution in [0.5, 0.6) is 5.88 Å². The molecule has 20 heavy (non-hydrogen) atoms. The molecule has 1 aromatic rings. The first-order chi connectivity index (χ1) is 9.60. The molecule has 1 aliphatic rings. The van der Waals surface area contributed by atoms with E-state index in [1.165, 1.54) is 12.8 Å². The van der Waals surface area contributed by atoms with Gasteiger partial charge in [0, 0.05) is 27.1 Å². The summed E-state index contributed by atoms with van der Waals surface area (Å²) < 4.78 is 5.66. The Morgan fingerprint density at radius 2 is 2.30 bits per heavy atom. The zero-order valence-electron chi connectivity index (χ0n) is 12.1. The van der Waals surface area contributed by atoms with Crippen LogP contribution in [0.2, 0.25) is 0 Å². The summed E-state index contributed by atoms with van der Waals surface area (Å²) >= 11 is 0. The van der Waals surface area contributed by atoms with E-state index in [-0.39, 0.29) is 5.91 Å². The minimum atomic E-state index is 0.0116. The average molecular weight is 278 g/mol. The third-order valence-electron chi connectivity index (χ3n) is 3.37. The lowest BCUT2D eigenvalue weighted by Crippen LogP contribution is -2.27. The van der Waals surface area contributed by atoms with Gasteiger partial charge in [-0.15, -0.1) is 0 Å². The Bertz CT molecular complexity index is 474. The maximum Gasteiger partial charge on any atom is 0.239 e. The summed E-state index contributed by atoms with van der Waals surface area (Å²) in [5.41, 5.74) is 6.42. The number of aromatic nitrogens is 1. The van der Waals surface area contributed by atoms with E-state index >= 15 is 0 Å². The van der Waals surface area contributed by atoms with Crippen molar-refractivity contribution in [1.82, 2.24) is 10.3 Å². The molecule has 0 atom stereocenters. The van der Waals surface area contributed by atoms with Crippen LogP contribution in [0.15, 0.2) is 12.1 Å². The summed E-state index contributed by atoms with van der Waals surface area (Å²) in [5.74, 6) is 1.92. The topological polar surface area (TPSA) is 80.5 Å². The summed E-state index contributed by atoms with van der Waals surface area (Å²) in [4.78, 5) is 17.6. The van der Waals surface area contributed by atoms with Gasteiger partial charge in [0.15, 0.2) is 0 Å². The molecular formula is C14H22N4O2. The molecule has 6 heteroatoms. The maximum atomic E-state index is 11.3. The lowest BCUT2D eigenvalue weighted by molar-refractivity contribution is -0.120. The van der Waals surface area contributed by atoms with E-state index in [2.05, 4.69) is 10.3 Å². The van der Waals surface area contributed by atoms with Crippen molar-refractivity contribution in [1.29, 1.82) is 0 Å². The number of carbonyl (C=O) groups excluding carboxylic acids is 1. The number of nitrogens with one attached hydrogen (secondary N) is 1. The van der Waals surface area contributed by atoms with E-state index < -0.39 is 0 Å². The second kappa shape index (κ2) is 6.45. The third-order valence-corrected chi connectivity index (χ3v) is 3.37. The highest BCUT2D eigenvalue weighted by Crippen LogP contribution is 2.31. The summed E-state index contributed by atoms with van der Waals surface area (Å²) in [5, 5.41) is 2.60. The van der Waals surface area contributed by atoms with Crippen molar-refractivity contribution in [3.8, 4) is 5.88 Å². The largest absolute Gasteiger partial charge is 0.476 e. The molecule has 1 heterocycles. The van der Waals surface area contributed by atoms with Gasteiger partial charge in [0.25, 0.3) is 0 Å². The first kappa shape index (κ1) is 14.4. The van der Waals surface area contributed by atoms with Crippen LogP contribution in [-0.2, 0) is 4.79 Å². The average Bonchev–Trinajstić information content (AvgIpc) is 3.27.